The van der Waals surface area contributed by atoms with E-state index < -0.39 is 51.4 Å². The monoisotopic (exact) mass is 714 g/mol. The van der Waals surface area contributed by atoms with Gasteiger partial charge in [0.2, 0.25) is 10.0 Å². The molecule has 2 heterocycles. The van der Waals surface area contributed by atoms with E-state index in [0.29, 0.717) is 37.6 Å². The van der Waals surface area contributed by atoms with Crippen LogP contribution in [-0.4, -0.2) is 75.8 Å². The summed E-state index contributed by atoms with van der Waals surface area (Å²) in [6, 6.07) is 17.7. The molecule has 0 aromatic heterocycles. The first kappa shape index (κ1) is 36.9. The summed E-state index contributed by atoms with van der Waals surface area (Å²) in [6.07, 6.45) is 0.482. The molecule has 0 spiro atoms. The summed E-state index contributed by atoms with van der Waals surface area (Å²) >= 11 is 6.20. The van der Waals surface area contributed by atoms with Crippen LogP contribution in [0.2, 0.25) is 5.02 Å². The lowest BCUT2D eigenvalue weighted by atomic mass is 9.73. The summed E-state index contributed by atoms with van der Waals surface area (Å²) in [7, 11) is -2.68. The minimum atomic E-state index is -3.82. The van der Waals surface area contributed by atoms with Gasteiger partial charge in [-0.1, -0.05) is 48.0 Å². The SMILES string of the molecule is COC(=O)N(C(=O)[C@@H](N)[C@@H](c1ccc(Cl)cc1)C1CCOC(C)(C)C1)c1cccc(F)c1CC[C@H]1CNCCN1S(=O)(=O)c1ccccc1. The maximum atomic E-state index is 15.7. The number of nitrogens with two attached hydrogens (primary N) is 1. The Morgan fingerprint density at radius 2 is 1.84 bits per heavy atom. The summed E-state index contributed by atoms with van der Waals surface area (Å²) in [6.45, 7) is 5.51. The van der Waals surface area contributed by atoms with E-state index in [0.717, 1.165) is 17.6 Å². The van der Waals surface area contributed by atoms with Gasteiger partial charge in [0.25, 0.3) is 5.91 Å². The summed E-state index contributed by atoms with van der Waals surface area (Å²) < 4.78 is 55.4. The van der Waals surface area contributed by atoms with Crippen LogP contribution in [0.4, 0.5) is 14.9 Å². The van der Waals surface area contributed by atoms with Gasteiger partial charge in [-0.3, -0.25) is 4.79 Å². The number of hydrogen-bond acceptors (Lipinski definition) is 8. The molecule has 1 unspecified atom stereocenters. The number of carbonyl (C=O) groups excluding carboxylic acids is 2. The highest BCUT2D eigenvalue weighted by atomic mass is 35.5. The van der Waals surface area contributed by atoms with Crippen LogP contribution in [0.3, 0.4) is 0 Å². The van der Waals surface area contributed by atoms with E-state index in [1.165, 1.54) is 22.5 Å². The van der Waals surface area contributed by atoms with E-state index in [9.17, 15) is 18.0 Å². The molecule has 10 nitrogen and oxygen atoms in total. The quantitative estimate of drug-likeness (QED) is 0.282. The molecule has 2 aliphatic heterocycles. The number of amides is 2. The third kappa shape index (κ3) is 8.33. The van der Waals surface area contributed by atoms with Crippen LogP contribution in [0.1, 0.15) is 50.2 Å². The van der Waals surface area contributed by atoms with Crippen molar-refractivity contribution in [3.8, 4) is 0 Å². The molecular weight excluding hydrogens is 671 g/mol. The fraction of sp³-hybridized carbons (Fsp3) is 0.444. The Hall–Kier alpha value is -3.39. The number of ether oxygens (including phenoxy) is 2. The fourth-order valence-corrected chi connectivity index (χ4v) is 8.89. The Labute approximate surface area is 292 Å². The zero-order chi connectivity index (χ0) is 35.3. The van der Waals surface area contributed by atoms with Gasteiger partial charge in [-0.25, -0.2) is 22.5 Å². The zero-order valence-corrected chi connectivity index (χ0v) is 29.6. The Kier molecular flexibility index (Phi) is 11.8. The minimum Gasteiger partial charge on any atom is -0.452 e. The van der Waals surface area contributed by atoms with Gasteiger partial charge in [0.15, 0.2) is 0 Å². The number of anilines is 1. The largest absolute Gasteiger partial charge is 0.452 e. The predicted molar refractivity (Wildman–Crippen MR) is 187 cm³/mol. The number of methoxy groups -OCH3 is 1. The number of halogens is 2. The molecule has 13 heteroatoms. The van der Waals surface area contributed by atoms with Crippen LogP contribution in [0, 0.1) is 11.7 Å². The number of sulfonamides is 1. The lowest BCUT2D eigenvalue weighted by Gasteiger charge is -2.41. The summed E-state index contributed by atoms with van der Waals surface area (Å²) in [5.41, 5.74) is 7.23. The van der Waals surface area contributed by atoms with Crippen LogP contribution < -0.4 is 16.0 Å². The van der Waals surface area contributed by atoms with E-state index in [-0.39, 0.29) is 41.5 Å². The molecule has 2 fully saturated rings. The molecule has 264 valence electrons. The van der Waals surface area contributed by atoms with Gasteiger partial charge in [0.1, 0.15) is 5.82 Å². The van der Waals surface area contributed by atoms with Crippen molar-refractivity contribution in [2.45, 2.75) is 68.0 Å². The average Bonchev–Trinajstić information content (AvgIpc) is 3.09. The van der Waals surface area contributed by atoms with Gasteiger partial charge < -0.3 is 20.5 Å². The predicted octanol–water partition coefficient (Wildman–Crippen LogP) is 5.49. The first-order valence-corrected chi connectivity index (χ1v) is 18.3. The molecule has 2 saturated heterocycles. The van der Waals surface area contributed by atoms with Crippen LogP contribution >= 0.6 is 11.6 Å². The highest BCUT2D eigenvalue weighted by Gasteiger charge is 2.42. The van der Waals surface area contributed by atoms with Crippen molar-refractivity contribution in [3.63, 3.8) is 0 Å². The van der Waals surface area contributed by atoms with Crippen molar-refractivity contribution < 1.29 is 31.9 Å². The van der Waals surface area contributed by atoms with Crippen molar-refractivity contribution in [2.75, 3.05) is 38.3 Å². The second-order valence-corrected chi connectivity index (χ2v) is 15.5. The molecule has 0 bridgehead atoms. The topological polar surface area (TPSA) is 131 Å². The molecule has 0 saturated carbocycles. The zero-order valence-electron chi connectivity index (χ0n) is 28.0. The number of carbonyl (C=O) groups is 2. The molecule has 3 N–H and O–H groups in total. The molecule has 4 atom stereocenters. The molecule has 3 aromatic carbocycles. The van der Waals surface area contributed by atoms with Crippen LogP contribution in [0.15, 0.2) is 77.7 Å². The Balaban J connectivity index is 1.47. The fourth-order valence-electron chi connectivity index (χ4n) is 7.09. The molecule has 0 radical (unpaired) electrons. The Bertz CT molecular complexity index is 1730. The highest BCUT2D eigenvalue weighted by Crippen LogP contribution is 2.41. The second kappa shape index (κ2) is 15.7. The number of nitrogens with zero attached hydrogens (tertiary/aromatic N) is 2. The van der Waals surface area contributed by atoms with Gasteiger partial charge >= 0.3 is 6.09 Å². The van der Waals surface area contributed by atoms with E-state index in [1.807, 2.05) is 26.0 Å². The average molecular weight is 715 g/mol. The lowest BCUT2D eigenvalue weighted by Crippen LogP contribution is -2.53. The van der Waals surface area contributed by atoms with Gasteiger partial charge in [0.05, 0.1) is 29.3 Å². The van der Waals surface area contributed by atoms with Gasteiger partial charge in [-0.05, 0) is 87.4 Å². The van der Waals surface area contributed by atoms with Crippen molar-refractivity contribution >= 4 is 39.3 Å². The second-order valence-electron chi connectivity index (χ2n) is 13.2. The van der Waals surface area contributed by atoms with Crippen molar-refractivity contribution in [1.29, 1.82) is 0 Å². The summed E-state index contributed by atoms with van der Waals surface area (Å²) in [5.74, 6) is -2.00. The van der Waals surface area contributed by atoms with Gasteiger partial charge in [-0.2, -0.15) is 4.31 Å². The molecule has 2 amide bonds. The minimum absolute atomic E-state index is 0.00398. The number of rotatable bonds is 10. The smallest absolute Gasteiger partial charge is 0.420 e. The Morgan fingerprint density at radius 1 is 1.12 bits per heavy atom. The van der Waals surface area contributed by atoms with E-state index in [4.69, 9.17) is 26.8 Å². The van der Waals surface area contributed by atoms with Crippen molar-refractivity contribution in [2.24, 2.45) is 11.7 Å². The van der Waals surface area contributed by atoms with E-state index >= 15 is 4.39 Å². The van der Waals surface area contributed by atoms with Crippen LogP contribution in [0.25, 0.3) is 0 Å². The first-order valence-electron chi connectivity index (χ1n) is 16.5. The number of hydrogen-bond donors (Lipinski definition) is 2. The van der Waals surface area contributed by atoms with Crippen LogP contribution in [0.5, 0.6) is 0 Å². The molecule has 0 aliphatic carbocycles. The van der Waals surface area contributed by atoms with Crippen molar-refractivity contribution in [3.05, 3.63) is 94.8 Å². The highest BCUT2D eigenvalue weighted by molar-refractivity contribution is 7.89. The molecule has 49 heavy (non-hydrogen) atoms. The van der Waals surface area contributed by atoms with E-state index in [2.05, 4.69) is 5.32 Å². The number of benzene rings is 3. The normalized spacial score (nSPS) is 21.0. The Morgan fingerprint density at radius 3 is 2.51 bits per heavy atom. The van der Waals surface area contributed by atoms with Gasteiger partial charge in [-0.15, -0.1) is 0 Å². The molecule has 2 aliphatic rings. The molecular formula is C36H44ClFN4O6S. The first-order chi connectivity index (χ1) is 23.3. The number of nitrogens with one attached hydrogen (secondary N) is 1. The van der Waals surface area contributed by atoms with Crippen molar-refractivity contribution in [1.82, 2.24) is 9.62 Å². The number of piperazine rings is 1. The number of imide groups is 1. The third-order valence-corrected chi connectivity index (χ3v) is 11.7. The summed E-state index contributed by atoms with van der Waals surface area (Å²) in [4.78, 5) is 28.9. The third-order valence-electron chi connectivity index (χ3n) is 9.46. The molecule has 5 rings (SSSR count). The maximum Gasteiger partial charge on any atom is 0.420 e. The summed E-state index contributed by atoms with van der Waals surface area (Å²) in [5, 5.41) is 3.76. The maximum absolute atomic E-state index is 15.7. The van der Waals surface area contributed by atoms with Gasteiger partial charge in [0, 0.05) is 48.8 Å². The van der Waals surface area contributed by atoms with Crippen LogP contribution in [-0.2, 0) is 30.7 Å². The standard InChI is InChI=1S/C36H44ClFN4O6S/c1-36(2)22-25(18-21-48-36)32(24-12-14-26(37)15-13-24)33(39)34(43)42(35(44)47-3)31-11-7-10-30(38)29(31)17-16-27-23-40-19-20-41(27)49(45,46)28-8-5-4-6-9-28/h4-15,25,27,32-33,40H,16-23,39H2,1-3H3/t25?,27-,32-,33-/m0/s1. The van der Waals surface area contributed by atoms with E-state index in [1.54, 1.807) is 42.5 Å². The lowest BCUT2D eigenvalue weighted by molar-refractivity contribution is -0.121. The molecule has 3 aromatic rings.